The standard InChI is InChI=1S/C20H15ClN2O/c1-24-17-10-6-15(7-11-17)19-13-23-12-2-3-18(20(23)22-19)14-4-8-16(21)9-5-14/h2-13H,1H3. The van der Waals surface area contributed by atoms with E-state index < -0.39 is 0 Å². The largest absolute Gasteiger partial charge is 0.497 e. The molecule has 2 aromatic heterocycles. The average molecular weight is 335 g/mol. The van der Waals surface area contributed by atoms with E-state index in [-0.39, 0.29) is 0 Å². The molecule has 0 saturated carbocycles. The number of halogens is 1. The Kier molecular flexibility index (Phi) is 3.71. The molecule has 0 N–H and O–H groups in total. The molecule has 3 nitrogen and oxygen atoms in total. The van der Waals surface area contributed by atoms with Crippen molar-refractivity contribution in [3.63, 3.8) is 0 Å². The van der Waals surface area contributed by atoms with E-state index in [0.29, 0.717) is 0 Å². The molecule has 2 heterocycles. The number of rotatable bonds is 3. The van der Waals surface area contributed by atoms with E-state index in [0.717, 1.165) is 38.8 Å². The van der Waals surface area contributed by atoms with Crippen LogP contribution in [0.15, 0.2) is 73.1 Å². The minimum atomic E-state index is 0.730. The predicted octanol–water partition coefficient (Wildman–Crippen LogP) is 5.33. The van der Waals surface area contributed by atoms with Crippen LogP contribution in [0.4, 0.5) is 0 Å². The fourth-order valence-corrected chi connectivity index (χ4v) is 2.89. The van der Waals surface area contributed by atoms with E-state index in [1.165, 1.54) is 0 Å². The fourth-order valence-electron chi connectivity index (χ4n) is 2.77. The minimum Gasteiger partial charge on any atom is -0.497 e. The second-order valence-electron chi connectivity index (χ2n) is 5.51. The highest BCUT2D eigenvalue weighted by molar-refractivity contribution is 6.30. The highest BCUT2D eigenvalue weighted by Crippen LogP contribution is 2.28. The molecule has 0 atom stereocenters. The first kappa shape index (κ1) is 14.8. The number of fused-ring (bicyclic) bond motifs is 1. The van der Waals surface area contributed by atoms with Gasteiger partial charge in [0.15, 0.2) is 0 Å². The van der Waals surface area contributed by atoms with Crippen LogP contribution < -0.4 is 4.74 Å². The maximum Gasteiger partial charge on any atom is 0.145 e. The Bertz CT molecular complexity index is 989. The molecule has 0 fully saturated rings. The number of aromatic nitrogens is 2. The lowest BCUT2D eigenvalue weighted by Gasteiger charge is -2.03. The number of hydrogen-bond donors (Lipinski definition) is 0. The lowest BCUT2D eigenvalue weighted by molar-refractivity contribution is 0.415. The van der Waals surface area contributed by atoms with Crippen molar-refractivity contribution in [2.24, 2.45) is 0 Å². The van der Waals surface area contributed by atoms with Crippen LogP contribution in [0.5, 0.6) is 5.75 Å². The van der Waals surface area contributed by atoms with Crippen LogP contribution in [0.25, 0.3) is 28.0 Å². The van der Waals surface area contributed by atoms with Gasteiger partial charge in [-0.05, 0) is 54.1 Å². The molecule has 0 saturated heterocycles. The van der Waals surface area contributed by atoms with Crippen molar-refractivity contribution in [2.75, 3.05) is 7.11 Å². The smallest absolute Gasteiger partial charge is 0.145 e. The van der Waals surface area contributed by atoms with Crippen LogP contribution in [0.1, 0.15) is 0 Å². The molecule has 4 aromatic rings. The Morgan fingerprint density at radius 2 is 1.62 bits per heavy atom. The van der Waals surface area contributed by atoms with E-state index in [1.807, 2.05) is 71.4 Å². The predicted molar refractivity (Wildman–Crippen MR) is 97.6 cm³/mol. The molecule has 0 radical (unpaired) electrons. The molecule has 2 aromatic carbocycles. The lowest BCUT2D eigenvalue weighted by atomic mass is 10.1. The Hall–Kier alpha value is -2.78. The Morgan fingerprint density at radius 3 is 2.33 bits per heavy atom. The van der Waals surface area contributed by atoms with Gasteiger partial charge in [-0.15, -0.1) is 0 Å². The molecule has 0 aliphatic carbocycles. The van der Waals surface area contributed by atoms with Crippen molar-refractivity contribution >= 4 is 17.2 Å². The van der Waals surface area contributed by atoms with Crippen molar-refractivity contribution < 1.29 is 4.74 Å². The van der Waals surface area contributed by atoms with Crippen LogP contribution in [0, 0.1) is 0 Å². The summed E-state index contributed by atoms with van der Waals surface area (Å²) in [5.74, 6) is 0.837. The number of methoxy groups -OCH3 is 1. The Labute approximate surface area is 145 Å². The summed E-state index contributed by atoms with van der Waals surface area (Å²) in [5, 5.41) is 0.730. The molecular weight excluding hydrogens is 320 g/mol. The van der Waals surface area contributed by atoms with Gasteiger partial charge in [0, 0.05) is 28.5 Å². The quantitative estimate of drug-likeness (QED) is 0.506. The Balaban J connectivity index is 1.83. The maximum atomic E-state index is 6.00. The number of nitrogens with zero attached hydrogens (tertiary/aromatic N) is 2. The zero-order chi connectivity index (χ0) is 16.5. The summed E-state index contributed by atoms with van der Waals surface area (Å²) >= 11 is 6.00. The SMILES string of the molecule is COc1ccc(-c2cn3cccc(-c4ccc(Cl)cc4)c3n2)cc1. The second-order valence-corrected chi connectivity index (χ2v) is 5.95. The maximum absolute atomic E-state index is 6.00. The molecule has 0 spiro atoms. The molecule has 0 aliphatic rings. The van der Waals surface area contributed by atoms with Gasteiger partial charge < -0.3 is 9.14 Å². The van der Waals surface area contributed by atoms with Crippen molar-refractivity contribution in [2.45, 2.75) is 0 Å². The van der Waals surface area contributed by atoms with E-state index >= 15 is 0 Å². The van der Waals surface area contributed by atoms with Gasteiger partial charge in [-0.25, -0.2) is 4.98 Å². The zero-order valence-electron chi connectivity index (χ0n) is 13.1. The average Bonchev–Trinajstić information content (AvgIpc) is 3.07. The van der Waals surface area contributed by atoms with E-state index in [2.05, 4.69) is 6.07 Å². The molecule has 4 rings (SSSR count). The summed E-state index contributed by atoms with van der Waals surface area (Å²) in [7, 11) is 1.66. The number of hydrogen-bond acceptors (Lipinski definition) is 2. The van der Waals surface area contributed by atoms with Gasteiger partial charge in [0.25, 0.3) is 0 Å². The van der Waals surface area contributed by atoms with Gasteiger partial charge in [0.1, 0.15) is 11.4 Å². The molecule has 4 heteroatoms. The van der Waals surface area contributed by atoms with E-state index in [4.69, 9.17) is 21.3 Å². The van der Waals surface area contributed by atoms with Gasteiger partial charge >= 0.3 is 0 Å². The first-order chi connectivity index (χ1) is 11.7. The highest BCUT2D eigenvalue weighted by atomic mass is 35.5. The van der Waals surface area contributed by atoms with Crippen molar-refractivity contribution in [1.29, 1.82) is 0 Å². The van der Waals surface area contributed by atoms with Crippen molar-refractivity contribution in [1.82, 2.24) is 9.38 Å². The molecule has 0 unspecified atom stereocenters. The van der Waals surface area contributed by atoms with Crippen LogP contribution in [-0.4, -0.2) is 16.5 Å². The van der Waals surface area contributed by atoms with E-state index in [9.17, 15) is 0 Å². The van der Waals surface area contributed by atoms with Gasteiger partial charge in [-0.3, -0.25) is 0 Å². The van der Waals surface area contributed by atoms with Gasteiger partial charge in [-0.1, -0.05) is 23.7 Å². The van der Waals surface area contributed by atoms with Crippen LogP contribution in [-0.2, 0) is 0 Å². The molecule has 0 aliphatic heterocycles. The van der Waals surface area contributed by atoms with Gasteiger partial charge in [-0.2, -0.15) is 0 Å². The first-order valence-electron chi connectivity index (χ1n) is 7.63. The third kappa shape index (κ3) is 2.63. The van der Waals surface area contributed by atoms with E-state index in [1.54, 1.807) is 7.11 Å². The minimum absolute atomic E-state index is 0.730. The molecule has 0 amide bonds. The first-order valence-corrected chi connectivity index (χ1v) is 8.00. The van der Waals surface area contributed by atoms with Gasteiger partial charge in [0.2, 0.25) is 0 Å². The third-order valence-corrected chi connectivity index (χ3v) is 4.28. The topological polar surface area (TPSA) is 26.5 Å². The second kappa shape index (κ2) is 6.02. The normalized spacial score (nSPS) is 10.9. The molecule has 24 heavy (non-hydrogen) atoms. The summed E-state index contributed by atoms with van der Waals surface area (Å²) < 4.78 is 7.26. The number of imidazole rings is 1. The fraction of sp³-hybridized carbons (Fsp3) is 0.0500. The summed E-state index contributed by atoms with van der Waals surface area (Å²) in [6, 6.07) is 19.8. The molecule has 0 bridgehead atoms. The number of pyridine rings is 1. The van der Waals surface area contributed by atoms with Crippen LogP contribution in [0.2, 0.25) is 5.02 Å². The summed E-state index contributed by atoms with van der Waals surface area (Å²) in [6.07, 6.45) is 4.05. The third-order valence-electron chi connectivity index (χ3n) is 4.02. The summed E-state index contributed by atoms with van der Waals surface area (Å²) in [4.78, 5) is 4.83. The zero-order valence-corrected chi connectivity index (χ0v) is 13.9. The number of benzene rings is 2. The summed E-state index contributed by atoms with van der Waals surface area (Å²) in [6.45, 7) is 0. The summed E-state index contributed by atoms with van der Waals surface area (Å²) in [5.41, 5.74) is 5.08. The van der Waals surface area contributed by atoms with Crippen LogP contribution >= 0.6 is 11.6 Å². The highest BCUT2D eigenvalue weighted by Gasteiger charge is 2.09. The lowest BCUT2D eigenvalue weighted by Crippen LogP contribution is -1.86. The monoisotopic (exact) mass is 334 g/mol. The van der Waals surface area contributed by atoms with Gasteiger partial charge in [0.05, 0.1) is 12.8 Å². The number of ether oxygens (including phenoxy) is 1. The Morgan fingerprint density at radius 1 is 0.917 bits per heavy atom. The van der Waals surface area contributed by atoms with Crippen molar-refractivity contribution in [3.05, 3.63) is 78.1 Å². The molecular formula is C20H15ClN2O. The van der Waals surface area contributed by atoms with Crippen LogP contribution in [0.3, 0.4) is 0 Å². The molecule has 118 valence electrons. The van der Waals surface area contributed by atoms with Crippen molar-refractivity contribution in [3.8, 4) is 28.1 Å².